The van der Waals surface area contributed by atoms with Crippen LogP contribution < -0.4 is 5.32 Å². The predicted octanol–water partition coefficient (Wildman–Crippen LogP) is 3.34. The zero-order chi connectivity index (χ0) is 27.3. The fourth-order valence-electron chi connectivity index (χ4n) is 6.65. The van der Waals surface area contributed by atoms with Crippen LogP contribution in [0.25, 0.3) is 32.9 Å². The lowest BCUT2D eigenvalue weighted by Crippen LogP contribution is -2.60. The van der Waals surface area contributed by atoms with Crippen LogP contribution in [0.4, 0.5) is 0 Å². The van der Waals surface area contributed by atoms with E-state index in [-0.39, 0.29) is 5.56 Å². The number of benzene rings is 3. The Balaban J connectivity index is 1.61. The standard InChI is InChI=1S/C28H22Br2N2O7/c1-38-25-13(8-33)39-26(24(35)23(25)34)18-14-9(4-2-6-11(14)29)15-17(18)22-16(20-19(15)27(36)32-28(20)37)10-5-3-7-12(30)21(10)31-22/h2-7,13,18,23-26,31,33-35H,8H2,1H3,(H,32,36,37)/t13-,18-,23-,24-,25-,26?/m1/s1. The van der Waals surface area contributed by atoms with Crippen molar-refractivity contribution in [1.82, 2.24) is 10.3 Å². The number of rotatable bonds is 3. The van der Waals surface area contributed by atoms with Gasteiger partial charge in [0.1, 0.15) is 24.4 Å². The van der Waals surface area contributed by atoms with Gasteiger partial charge >= 0.3 is 0 Å². The van der Waals surface area contributed by atoms with Crippen molar-refractivity contribution in [2.45, 2.75) is 36.4 Å². The average Bonchev–Trinajstić information content (AvgIpc) is 3.56. The number of methoxy groups -OCH3 is 1. The van der Waals surface area contributed by atoms with E-state index in [0.717, 1.165) is 20.9 Å². The molecular formula is C28H22Br2N2O7. The van der Waals surface area contributed by atoms with Gasteiger partial charge in [-0.3, -0.25) is 14.9 Å². The summed E-state index contributed by atoms with van der Waals surface area (Å²) in [6.45, 7) is -0.434. The number of halogens is 2. The first-order chi connectivity index (χ1) is 18.8. The first-order valence-electron chi connectivity index (χ1n) is 12.4. The SMILES string of the molecule is CO[C@H]1[C@H](O)[C@@H](O)C([C@@H]2c3c(Br)cccc3-c3c4c(c5c([nH]c6c(Br)cccc65)c32)C(=O)NC4=O)O[C@@H]1CO. The van der Waals surface area contributed by atoms with Crippen molar-refractivity contribution >= 4 is 65.5 Å². The second kappa shape index (κ2) is 8.93. The molecule has 1 aliphatic carbocycles. The molecule has 4 aromatic rings. The van der Waals surface area contributed by atoms with Gasteiger partial charge in [0.2, 0.25) is 0 Å². The van der Waals surface area contributed by atoms with Gasteiger partial charge < -0.3 is 29.8 Å². The highest BCUT2D eigenvalue weighted by atomic mass is 79.9. The fraction of sp³-hybridized carbons (Fsp3) is 0.286. The summed E-state index contributed by atoms with van der Waals surface area (Å²) < 4.78 is 13.1. The highest BCUT2D eigenvalue weighted by Gasteiger charge is 2.52. The number of aromatic amines is 1. The summed E-state index contributed by atoms with van der Waals surface area (Å²) in [5, 5.41) is 36.3. The number of aromatic nitrogens is 1. The Labute approximate surface area is 238 Å². The van der Waals surface area contributed by atoms with Gasteiger partial charge in [-0.25, -0.2) is 0 Å². The second-order valence-electron chi connectivity index (χ2n) is 10.0. The molecule has 3 aromatic carbocycles. The quantitative estimate of drug-likeness (QED) is 0.213. The normalized spacial score (nSPS) is 27.6. The van der Waals surface area contributed by atoms with Crippen LogP contribution >= 0.6 is 31.9 Å². The summed E-state index contributed by atoms with van der Waals surface area (Å²) in [5.74, 6) is -1.65. The minimum absolute atomic E-state index is 0.268. The maximum absolute atomic E-state index is 13.3. The van der Waals surface area contributed by atoms with Crippen molar-refractivity contribution in [2.75, 3.05) is 13.7 Å². The van der Waals surface area contributed by atoms with E-state index in [1.807, 2.05) is 36.4 Å². The number of nitrogens with one attached hydrogen (secondary N) is 2. The third-order valence-electron chi connectivity index (χ3n) is 8.20. The third-order valence-corrected chi connectivity index (χ3v) is 9.55. The van der Waals surface area contributed by atoms with Crippen molar-refractivity contribution in [3.8, 4) is 11.1 Å². The zero-order valence-electron chi connectivity index (χ0n) is 20.4. The molecule has 1 fully saturated rings. The molecule has 9 nitrogen and oxygen atoms in total. The van der Waals surface area contributed by atoms with E-state index in [4.69, 9.17) is 9.47 Å². The summed E-state index contributed by atoms with van der Waals surface area (Å²) in [6, 6.07) is 11.2. The molecular weight excluding hydrogens is 636 g/mol. The van der Waals surface area contributed by atoms with Crippen LogP contribution in [0.1, 0.15) is 37.8 Å². The fourth-order valence-corrected chi connectivity index (χ4v) is 7.73. The first kappa shape index (κ1) is 25.3. The highest BCUT2D eigenvalue weighted by Crippen LogP contribution is 2.57. The Morgan fingerprint density at radius 2 is 1.64 bits per heavy atom. The lowest BCUT2D eigenvalue weighted by Gasteiger charge is -2.44. The van der Waals surface area contributed by atoms with E-state index < -0.39 is 54.9 Å². The number of para-hydroxylation sites is 1. The second-order valence-corrected chi connectivity index (χ2v) is 11.7. The van der Waals surface area contributed by atoms with Crippen LogP contribution in [0.5, 0.6) is 0 Å². The van der Waals surface area contributed by atoms with Crippen LogP contribution in [-0.4, -0.2) is 76.4 Å². The minimum Gasteiger partial charge on any atom is -0.394 e. The van der Waals surface area contributed by atoms with Crippen LogP contribution in [0, 0.1) is 0 Å². The highest BCUT2D eigenvalue weighted by molar-refractivity contribution is 9.11. The van der Waals surface area contributed by atoms with Crippen molar-refractivity contribution in [1.29, 1.82) is 0 Å². The van der Waals surface area contributed by atoms with E-state index >= 15 is 0 Å². The molecule has 0 saturated carbocycles. The molecule has 11 heteroatoms. The maximum Gasteiger partial charge on any atom is 0.259 e. The van der Waals surface area contributed by atoms with Crippen molar-refractivity contribution in [3.63, 3.8) is 0 Å². The number of hydrogen-bond donors (Lipinski definition) is 5. The molecule has 0 spiro atoms. The Bertz CT molecular complexity index is 1730. The van der Waals surface area contributed by atoms with E-state index in [1.54, 1.807) is 0 Å². The lowest BCUT2D eigenvalue weighted by molar-refractivity contribution is -0.238. The Hall–Kier alpha value is -2.64. The zero-order valence-corrected chi connectivity index (χ0v) is 23.5. The number of carbonyl (C=O) groups excluding carboxylic acids is 2. The molecule has 39 heavy (non-hydrogen) atoms. The molecule has 1 aromatic heterocycles. The summed E-state index contributed by atoms with van der Waals surface area (Å²) >= 11 is 7.26. The minimum atomic E-state index is -1.39. The van der Waals surface area contributed by atoms with Crippen molar-refractivity contribution in [3.05, 3.63) is 67.6 Å². The van der Waals surface area contributed by atoms with E-state index in [2.05, 4.69) is 42.2 Å². The number of fused-ring (bicyclic) bond motifs is 10. The number of amides is 2. The number of hydrogen-bond acceptors (Lipinski definition) is 7. The molecule has 6 atom stereocenters. The number of aliphatic hydroxyl groups is 3. The molecule has 3 heterocycles. The molecule has 2 amide bonds. The molecule has 0 radical (unpaired) electrons. The Morgan fingerprint density at radius 3 is 2.38 bits per heavy atom. The van der Waals surface area contributed by atoms with Crippen molar-refractivity contribution < 1.29 is 34.4 Å². The number of H-pyrrole nitrogens is 1. The number of carbonyl (C=O) groups is 2. The topological polar surface area (TPSA) is 141 Å². The number of ether oxygens (including phenoxy) is 2. The molecule has 200 valence electrons. The van der Waals surface area contributed by atoms with Crippen LogP contribution in [0.3, 0.4) is 0 Å². The van der Waals surface area contributed by atoms with Gasteiger partial charge in [0.25, 0.3) is 11.8 Å². The molecule has 2 aliphatic heterocycles. The summed E-state index contributed by atoms with van der Waals surface area (Å²) in [6.07, 6.45) is -5.58. The van der Waals surface area contributed by atoms with E-state index in [0.29, 0.717) is 37.6 Å². The maximum atomic E-state index is 13.3. The van der Waals surface area contributed by atoms with Gasteiger partial charge in [-0.05, 0) is 44.8 Å². The van der Waals surface area contributed by atoms with Crippen molar-refractivity contribution in [2.24, 2.45) is 0 Å². The first-order valence-corrected chi connectivity index (χ1v) is 14.0. The van der Waals surface area contributed by atoms with Gasteiger partial charge in [0, 0.05) is 38.3 Å². The van der Waals surface area contributed by atoms with E-state index in [9.17, 15) is 24.9 Å². The van der Waals surface area contributed by atoms with Gasteiger partial charge in [0.05, 0.1) is 34.9 Å². The monoisotopic (exact) mass is 656 g/mol. The smallest absolute Gasteiger partial charge is 0.259 e. The summed E-state index contributed by atoms with van der Waals surface area (Å²) in [5.41, 5.74) is 4.64. The summed E-state index contributed by atoms with van der Waals surface area (Å²) in [4.78, 5) is 30.0. The molecule has 1 unspecified atom stereocenters. The van der Waals surface area contributed by atoms with E-state index in [1.165, 1.54) is 7.11 Å². The van der Waals surface area contributed by atoms with Gasteiger partial charge in [0.15, 0.2) is 0 Å². The molecule has 3 aliphatic rings. The molecule has 5 N–H and O–H groups in total. The van der Waals surface area contributed by atoms with Gasteiger partial charge in [-0.1, -0.05) is 40.2 Å². The summed E-state index contributed by atoms with van der Waals surface area (Å²) in [7, 11) is 1.38. The average molecular weight is 658 g/mol. The Morgan fingerprint density at radius 1 is 0.923 bits per heavy atom. The third kappa shape index (κ3) is 3.29. The molecule has 0 bridgehead atoms. The van der Waals surface area contributed by atoms with Crippen LogP contribution in [0.15, 0.2) is 45.3 Å². The van der Waals surface area contributed by atoms with Gasteiger partial charge in [-0.2, -0.15) is 0 Å². The largest absolute Gasteiger partial charge is 0.394 e. The Kier molecular flexibility index (Phi) is 5.80. The van der Waals surface area contributed by atoms with Crippen LogP contribution in [0.2, 0.25) is 0 Å². The number of aliphatic hydroxyl groups excluding tert-OH is 3. The predicted molar refractivity (Wildman–Crippen MR) is 149 cm³/mol. The van der Waals surface area contributed by atoms with Gasteiger partial charge in [-0.15, -0.1) is 0 Å². The lowest BCUT2D eigenvalue weighted by atomic mass is 9.81. The molecule has 7 rings (SSSR count). The number of imide groups is 1. The van der Waals surface area contributed by atoms with Crippen LogP contribution in [-0.2, 0) is 9.47 Å². The molecule has 1 saturated heterocycles.